The van der Waals surface area contributed by atoms with Crippen LogP contribution in [0.3, 0.4) is 0 Å². The summed E-state index contributed by atoms with van der Waals surface area (Å²) in [6, 6.07) is 13.6. The van der Waals surface area contributed by atoms with Crippen molar-refractivity contribution in [2.75, 3.05) is 4.90 Å². The van der Waals surface area contributed by atoms with Crippen LogP contribution in [0.1, 0.15) is 30.0 Å². The normalized spacial score (nSPS) is 15.1. The monoisotopic (exact) mass is 284 g/mol. The molecule has 1 aliphatic rings. The van der Waals surface area contributed by atoms with Crippen molar-refractivity contribution < 1.29 is 4.39 Å². The van der Waals surface area contributed by atoms with E-state index in [0.29, 0.717) is 0 Å². The van der Waals surface area contributed by atoms with E-state index in [0.717, 1.165) is 37.2 Å². The Balaban J connectivity index is 1.89. The Morgan fingerprint density at radius 1 is 1.14 bits per heavy atom. The minimum Gasteiger partial charge on any atom is -0.363 e. The molecule has 1 unspecified atom stereocenters. The zero-order chi connectivity index (χ0) is 14.8. The smallest absolute Gasteiger partial charge is 0.123 e. The molecule has 0 amide bonds. The lowest BCUT2D eigenvalue weighted by atomic mass is 10.0. The average molecular weight is 284 g/mol. The summed E-state index contributed by atoms with van der Waals surface area (Å²) in [6.07, 6.45) is 1.62. The quantitative estimate of drug-likeness (QED) is 0.929. The van der Waals surface area contributed by atoms with Gasteiger partial charge in [-0.1, -0.05) is 31.2 Å². The zero-order valence-electron chi connectivity index (χ0n) is 12.3. The summed E-state index contributed by atoms with van der Waals surface area (Å²) < 4.78 is 13.6. The van der Waals surface area contributed by atoms with E-state index in [9.17, 15) is 4.39 Å². The van der Waals surface area contributed by atoms with Crippen LogP contribution in [0, 0.1) is 5.82 Å². The number of nitrogens with zero attached hydrogens (tertiary/aromatic N) is 1. The second kappa shape index (κ2) is 5.86. The van der Waals surface area contributed by atoms with Crippen LogP contribution in [-0.2, 0) is 19.5 Å². The molecule has 0 bridgehead atoms. The van der Waals surface area contributed by atoms with Gasteiger partial charge in [-0.15, -0.1) is 0 Å². The lowest BCUT2D eigenvalue weighted by molar-refractivity contribution is 0.613. The molecule has 3 rings (SSSR count). The Bertz CT molecular complexity index is 614. The minimum atomic E-state index is -0.186. The molecule has 3 heteroatoms. The van der Waals surface area contributed by atoms with Gasteiger partial charge in [-0.3, -0.25) is 0 Å². The fourth-order valence-corrected chi connectivity index (χ4v) is 2.96. The number of anilines is 1. The van der Waals surface area contributed by atoms with Gasteiger partial charge in [0.05, 0.1) is 0 Å². The van der Waals surface area contributed by atoms with Crippen LogP contribution < -0.4 is 10.6 Å². The van der Waals surface area contributed by atoms with E-state index in [1.807, 2.05) is 6.07 Å². The van der Waals surface area contributed by atoms with Crippen molar-refractivity contribution in [2.24, 2.45) is 5.73 Å². The highest BCUT2D eigenvalue weighted by molar-refractivity contribution is 5.57. The Kier molecular flexibility index (Phi) is 3.93. The highest BCUT2D eigenvalue weighted by atomic mass is 19.1. The minimum absolute atomic E-state index is 0.0792. The first kappa shape index (κ1) is 14.1. The Morgan fingerprint density at radius 2 is 1.81 bits per heavy atom. The fourth-order valence-electron chi connectivity index (χ4n) is 2.96. The predicted octanol–water partition coefficient (Wildman–Crippen LogP) is 3.63. The van der Waals surface area contributed by atoms with Gasteiger partial charge in [-0.2, -0.15) is 0 Å². The van der Waals surface area contributed by atoms with Gasteiger partial charge in [0.25, 0.3) is 0 Å². The molecule has 110 valence electrons. The topological polar surface area (TPSA) is 29.3 Å². The molecule has 0 saturated carbocycles. The number of hydrogen-bond donors (Lipinski definition) is 1. The average Bonchev–Trinajstić information content (AvgIpc) is 2.90. The van der Waals surface area contributed by atoms with E-state index in [1.165, 1.54) is 11.1 Å². The predicted molar refractivity (Wildman–Crippen MR) is 84.7 cm³/mol. The van der Waals surface area contributed by atoms with Crippen LogP contribution in [0.5, 0.6) is 0 Å². The highest BCUT2D eigenvalue weighted by Gasteiger charge is 2.21. The van der Waals surface area contributed by atoms with Gasteiger partial charge in [0, 0.05) is 24.8 Å². The van der Waals surface area contributed by atoms with Crippen molar-refractivity contribution in [1.29, 1.82) is 0 Å². The lowest BCUT2D eigenvalue weighted by Crippen LogP contribution is -2.24. The molecule has 0 aromatic heterocycles. The molecule has 2 aromatic rings. The third kappa shape index (κ3) is 2.93. The largest absolute Gasteiger partial charge is 0.363 e. The summed E-state index contributed by atoms with van der Waals surface area (Å²) in [5, 5.41) is 0. The summed E-state index contributed by atoms with van der Waals surface area (Å²) in [4.78, 5) is 2.31. The van der Waals surface area contributed by atoms with E-state index >= 15 is 0 Å². The second-order valence-electron chi connectivity index (χ2n) is 5.77. The molecule has 2 N–H and O–H groups in total. The molecule has 1 atom stereocenters. The van der Waals surface area contributed by atoms with Gasteiger partial charge in [0.2, 0.25) is 0 Å². The van der Waals surface area contributed by atoms with Gasteiger partial charge in [0.1, 0.15) is 5.82 Å². The Labute approximate surface area is 125 Å². The highest BCUT2D eigenvalue weighted by Crippen LogP contribution is 2.31. The van der Waals surface area contributed by atoms with Gasteiger partial charge < -0.3 is 10.6 Å². The molecule has 0 fully saturated rings. The summed E-state index contributed by atoms with van der Waals surface area (Å²) >= 11 is 0. The second-order valence-corrected chi connectivity index (χ2v) is 5.77. The van der Waals surface area contributed by atoms with Gasteiger partial charge >= 0.3 is 0 Å². The van der Waals surface area contributed by atoms with Crippen molar-refractivity contribution in [3.63, 3.8) is 0 Å². The van der Waals surface area contributed by atoms with E-state index in [2.05, 4.69) is 36.1 Å². The maximum absolute atomic E-state index is 13.6. The lowest BCUT2D eigenvalue weighted by Gasteiger charge is -2.23. The molecule has 0 saturated heterocycles. The molecular formula is C18H21FN2. The van der Waals surface area contributed by atoms with E-state index in [-0.39, 0.29) is 11.9 Å². The molecule has 0 spiro atoms. The third-order valence-electron chi connectivity index (χ3n) is 4.23. The summed E-state index contributed by atoms with van der Waals surface area (Å²) in [7, 11) is 0. The molecule has 2 aromatic carbocycles. The fraction of sp³-hybridized carbons (Fsp3) is 0.333. The maximum Gasteiger partial charge on any atom is 0.123 e. The SMILES string of the molecule is CCC(N)Cc1cc(F)ccc1N1Cc2ccccc2C1. The van der Waals surface area contributed by atoms with Crippen LogP contribution in [0.15, 0.2) is 42.5 Å². The van der Waals surface area contributed by atoms with Crippen LogP contribution in [0.2, 0.25) is 0 Å². The molecule has 1 heterocycles. The number of rotatable bonds is 4. The first-order valence-electron chi connectivity index (χ1n) is 7.53. The third-order valence-corrected chi connectivity index (χ3v) is 4.23. The van der Waals surface area contributed by atoms with Gasteiger partial charge in [-0.05, 0) is 47.7 Å². The van der Waals surface area contributed by atoms with Crippen molar-refractivity contribution >= 4 is 5.69 Å². The van der Waals surface area contributed by atoms with Crippen molar-refractivity contribution in [3.05, 3.63) is 65.0 Å². The number of hydrogen-bond acceptors (Lipinski definition) is 2. The molecular weight excluding hydrogens is 263 g/mol. The number of nitrogens with two attached hydrogens (primary N) is 1. The van der Waals surface area contributed by atoms with Crippen LogP contribution >= 0.6 is 0 Å². The molecule has 0 radical (unpaired) electrons. The first-order valence-corrected chi connectivity index (χ1v) is 7.53. The van der Waals surface area contributed by atoms with E-state index < -0.39 is 0 Å². The van der Waals surface area contributed by atoms with Crippen molar-refractivity contribution in [3.8, 4) is 0 Å². The molecule has 0 aliphatic carbocycles. The van der Waals surface area contributed by atoms with Crippen molar-refractivity contribution in [1.82, 2.24) is 0 Å². The molecule has 2 nitrogen and oxygen atoms in total. The standard InChI is InChI=1S/C18H21FN2/c1-2-17(20)10-15-9-16(19)7-8-18(15)21-11-13-5-3-4-6-14(13)12-21/h3-9,17H,2,10-12,20H2,1H3. The number of benzene rings is 2. The number of halogens is 1. The van der Waals surface area contributed by atoms with Crippen LogP contribution in [-0.4, -0.2) is 6.04 Å². The summed E-state index contributed by atoms with van der Waals surface area (Å²) in [5.74, 6) is -0.186. The van der Waals surface area contributed by atoms with Crippen molar-refractivity contribution in [2.45, 2.75) is 38.9 Å². The molecule has 21 heavy (non-hydrogen) atoms. The zero-order valence-corrected chi connectivity index (χ0v) is 12.3. The summed E-state index contributed by atoms with van der Waals surface area (Å²) in [6.45, 7) is 3.84. The van der Waals surface area contributed by atoms with Crippen LogP contribution in [0.25, 0.3) is 0 Å². The van der Waals surface area contributed by atoms with Gasteiger partial charge in [0.15, 0.2) is 0 Å². The Morgan fingerprint density at radius 3 is 2.43 bits per heavy atom. The maximum atomic E-state index is 13.6. The number of fused-ring (bicyclic) bond motifs is 1. The summed E-state index contributed by atoms with van der Waals surface area (Å²) in [5.41, 5.74) is 10.9. The van der Waals surface area contributed by atoms with E-state index in [4.69, 9.17) is 5.73 Å². The first-order chi connectivity index (χ1) is 10.2. The molecule has 1 aliphatic heterocycles. The van der Waals surface area contributed by atoms with Crippen LogP contribution in [0.4, 0.5) is 10.1 Å². The van der Waals surface area contributed by atoms with E-state index in [1.54, 1.807) is 12.1 Å². The Hall–Kier alpha value is -1.87. The van der Waals surface area contributed by atoms with Gasteiger partial charge in [-0.25, -0.2) is 4.39 Å².